The van der Waals surface area contributed by atoms with Crippen LogP contribution in [0, 0.1) is 17.3 Å². The summed E-state index contributed by atoms with van der Waals surface area (Å²) in [5, 5.41) is 7.33. The molecule has 1 aliphatic heterocycles. The minimum absolute atomic E-state index is 0.117. The molecule has 2 aliphatic rings. The van der Waals surface area contributed by atoms with Crippen LogP contribution in [0.5, 0.6) is 0 Å². The molecule has 6 nitrogen and oxygen atoms in total. The van der Waals surface area contributed by atoms with Crippen molar-refractivity contribution in [3.8, 4) is 11.8 Å². The van der Waals surface area contributed by atoms with E-state index in [1.807, 2.05) is 36.5 Å². The molecule has 1 aliphatic carbocycles. The highest BCUT2D eigenvalue weighted by Crippen LogP contribution is 2.50. The number of hydrogen-bond acceptors (Lipinski definition) is 5. The monoisotopic (exact) mass is 420 g/mol. The molecule has 0 radical (unpaired) electrons. The molecule has 1 spiro atoms. The summed E-state index contributed by atoms with van der Waals surface area (Å²) in [5.74, 6) is 7.14. The van der Waals surface area contributed by atoms with Gasteiger partial charge in [-0.05, 0) is 53.9 Å². The Balaban J connectivity index is 1.20. The van der Waals surface area contributed by atoms with Crippen molar-refractivity contribution in [3.63, 3.8) is 0 Å². The molecule has 1 atom stereocenters. The smallest absolute Gasteiger partial charge is 0.202 e. The number of piperidine rings is 1. The first-order valence-corrected chi connectivity index (χ1v) is 11.1. The standard InChI is InChI=1S/C26H24N6/c27-24-20-9-5-4-8-19(20)16-26(24)12-14-32(15-13-26)22-17-28-23-21(30-31-25(23)29-22)11-10-18-6-2-1-3-7-18/h1-9,17,24H,12-16,27H2,(H,29,30,31). The SMILES string of the molecule is NC1c2ccccc2CC12CCN(c1cnc3c(C#Cc4ccccc4)[nH]nc3n1)CC2. The van der Waals surface area contributed by atoms with E-state index in [1.165, 1.54) is 11.1 Å². The summed E-state index contributed by atoms with van der Waals surface area (Å²) >= 11 is 0. The molecule has 158 valence electrons. The zero-order valence-corrected chi connectivity index (χ0v) is 17.8. The summed E-state index contributed by atoms with van der Waals surface area (Å²) in [6.07, 6.45) is 5.02. The van der Waals surface area contributed by atoms with Crippen LogP contribution in [-0.2, 0) is 6.42 Å². The Morgan fingerprint density at radius 1 is 1.00 bits per heavy atom. The van der Waals surface area contributed by atoms with E-state index in [2.05, 4.69) is 56.2 Å². The minimum Gasteiger partial charge on any atom is -0.355 e. The molecule has 1 fully saturated rings. The van der Waals surface area contributed by atoms with Gasteiger partial charge in [0, 0.05) is 24.7 Å². The van der Waals surface area contributed by atoms with E-state index in [0.29, 0.717) is 16.9 Å². The normalized spacial score (nSPS) is 19.0. The fourth-order valence-electron chi connectivity index (χ4n) is 5.17. The van der Waals surface area contributed by atoms with Gasteiger partial charge in [0.2, 0.25) is 5.65 Å². The minimum atomic E-state index is 0.117. The summed E-state index contributed by atoms with van der Waals surface area (Å²) in [6.45, 7) is 1.85. The van der Waals surface area contributed by atoms with E-state index in [4.69, 9.17) is 10.7 Å². The lowest BCUT2D eigenvalue weighted by atomic mass is 9.73. The summed E-state index contributed by atoms with van der Waals surface area (Å²) in [5.41, 5.74) is 12.6. The van der Waals surface area contributed by atoms with Gasteiger partial charge in [-0.15, -0.1) is 0 Å². The van der Waals surface area contributed by atoms with E-state index in [9.17, 15) is 0 Å². The van der Waals surface area contributed by atoms with Crippen LogP contribution in [0.25, 0.3) is 11.2 Å². The number of nitrogens with two attached hydrogens (primary N) is 1. The maximum atomic E-state index is 6.71. The van der Waals surface area contributed by atoms with Crippen LogP contribution < -0.4 is 10.6 Å². The van der Waals surface area contributed by atoms with Gasteiger partial charge in [0.25, 0.3) is 0 Å². The third-order valence-corrected chi connectivity index (χ3v) is 7.03. The predicted octanol–water partition coefficient (Wildman–Crippen LogP) is 3.60. The maximum absolute atomic E-state index is 6.71. The molecule has 1 saturated heterocycles. The number of hydrogen-bond donors (Lipinski definition) is 2. The highest BCUT2D eigenvalue weighted by molar-refractivity contribution is 5.77. The average Bonchev–Trinajstić information content (AvgIpc) is 3.37. The Morgan fingerprint density at radius 3 is 2.59 bits per heavy atom. The number of H-pyrrole nitrogens is 1. The summed E-state index contributed by atoms with van der Waals surface area (Å²) in [6, 6.07) is 18.6. The van der Waals surface area contributed by atoms with E-state index >= 15 is 0 Å². The van der Waals surface area contributed by atoms with Gasteiger partial charge < -0.3 is 10.6 Å². The number of aromatic amines is 1. The Labute approximate surface area is 186 Å². The zero-order chi connectivity index (χ0) is 21.5. The fourth-order valence-corrected chi connectivity index (χ4v) is 5.17. The van der Waals surface area contributed by atoms with Gasteiger partial charge in [0.15, 0.2) is 0 Å². The number of rotatable bonds is 1. The average molecular weight is 421 g/mol. The largest absolute Gasteiger partial charge is 0.355 e. The van der Waals surface area contributed by atoms with Crippen LogP contribution in [0.3, 0.4) is 0 Å². The van der Waals surface area contributed by atoms with Gasteiger partial charge in [-0.3, -0.25) is 5.10 Å². The summed E-state index contributed by atoms with van der Waals surface area (Å²) < 4.78 is 0. The lowest BCUT2D eigenvalue weighted by molar-refractivity contribution is 0.187. The van der Waals surface area contributed by atoms with Gasteiger partial charge in [-0.25, -0.2) is 9.97 Å². The molecule has 0 amide bonds. The van der Waals surface area contributed by atoms with Crippen LogP contribution in [0.15, 0.2) is 60.8 Å². The molecule has 6 rings (SSSR count). The van der Waals surface area contributed by atoms with Crippen LogP contribution >= 0.6 is 0 Å². The highest BCUT2D eigenvalue weighted by Gasteiger charge is 2.45. The molecule has 2 aromatic heterocycles. The lowest BCUT2D eigenvalue weighted by Crippen LogP contribution is -2.44. The number of aromatic nitrogens is 4. The van der Waals surface area contributed by atoms with Gasteiger partial charge in [-0.1, -0.05) is 48.4 Å². The molecule has 2 aromatic carbocycles. The number of benzene rings is 2. The molecule has 0 bridgehead atoms. The second kappa shape index (κ2) is 7.47. The fraction of sp³-hybridized carbons (Fsp3) is 0.269. The van der Waals surface area contributed by atoms with Crippen LogP contribution in [0.2, 0.25) is 0 Å². The maximum Gasteiger partial charge on any atom is 0.202 e. The van der Waals surface area contributed by atoms with Crippen molar-refractivity contribution >= 4 is 17.0 Å². The van der Waals surface area contributed by atoms with Crippen molar-refractivity contribution in [2.45, 2.75) is 25.3 Å². The second-order valence-electron chi connectivity index (χ2n) is 8.82. The topological polar surface area (TPSA) is 83.7 Å². The Bertz CT molecular complexity index is 1340. The van der Waals surface area contributed by atoms with Crippen molar-refractivity contribution in [1.29, 1.82) is 0 Å². The van der Waals surface area contributed by atoms with Gasteiger partial charge in [0.05, 0.1) is 6.20 Å². The third-order valence-electron chi connectivity index (χ3n) is 7.03. The third kappa shape index (κ3) is 3.14. The second-order valence-corrected chi connectivity index (χ2v) is 8.82. The lowest BCUT2D eigenvalue weighted by Gasteiger charge is -2.42. The summed E-state index contributed by atoms with van der Waals surface area (Å²) in [7, 11) is 0. The number of nitrogens with zero attached hydrogens (tertiary/aromatic N) is 4. The number of nitrogens with one attached hydrogen (secondary N) is 1. The molecule has 32 heavy (non-hydrogen) atoms. The molecular formula is C26H24N6. The van der Waals surface area contributed by atoms with Crippen LogP contribution in [-0.4, -0.2) is 33.3 Å². The molecule has 6 heteroatoms. The van der Waals surface area contributed by atoms with Crippen LogP contribution in [0.4, 0.5) is 5.82 Å². The first-order chi connectivity index (χ1) is 15.7. The van der Waals surface area contributed by atoms with Crippen molar-refractivity contribution < 1.29 is 0 Å². The van der Waals surface area contributed by atoms with Crippen molar-refractivity contribution in [2.75, 3.05) is 18.0 Å². The van der Waals surface area contributed by atoms with Gasteiger partial charge >= 0.3 is 0 Å². The first kappa shape index (κ1) is 19.0. The Kier molecular flexibility index (Phi) is 4.44. The molecular weight excluding hydrogens is 396 g/mol. The predicted molar refractivity (Wildman–Crippen MR) is 125 cm³/mol. The van der Waals surface area contributed by atoms with E-state index < -0.39 is 0 Å². The van der Waals surface area contributed by atoms with E-state index in [0.717, 1.165) is 43.7 Å². The summed E-state index contributed by atoms with van der Waals surface area (Å²) in [4.78, 5) is 11.7. The molecule has 3 N–H and O–H groups in total. The van der Waals surface area contributed by atoms with E-state index in [-0.39, 0.29) is 11.5 Å². The first-order valence-electron chi connectivity index (χ1n) is 11.1. The number of anilines is 1. The quantitative estimate of drug-likeness (QED) is 0.460. The molecule has 0 saturated carbocycles. The van der Waals surface area contributed by atoms with Gasteiger partial charge in [0.1, 0.15) is 17.0 Å². The Hall–Kier alpha value is -3.69. The Morgan fingerprint density at radius 2 is 1.78 bits per heavy atom. The highest BCUT2D eigenvalue weighted by atomic mass is 15.2. The molecule has 4 aromatic rings. The van der Waals surface area contributed by atoms with Crippen molar-refractivity contribution in [1.82, 2.24) is 20.2 Å². The van der Waals surface area contributed by atoms with E-state index in [1.54, 1.807) is 0 Å². The van der Waals surface area contributed by atoms with Gasteiger partial charge in [-0.2, -0.15) is 5.10 Å². The molecule has 1 unspecified atom stereocenters. The van der Waals surface area contributed by atoms with Crippen molar-refractivity contribution in [3.05, 3.63) is 83.2 Å². The molecule has 3 heterocycles. The van der Waals surface area contributed by atoms with Crippen molar-refractivity contribution in [2.24, 2.45) is 11.1 Å². The zero-order valence-electron chi connectivity index (χ0n) is 17.8. The number of fused-ring (bicyclic) bond motifs is 2. The van der Waals surface area contributed by atoms with Crippen LogP contribution in [0.1, 0.15) is 41.3 Å².